The highest BCUT2D eigenvalue weighted by atomic mass is 16.5. The zero-order valence-electron chi connectivity index (χ0n) is 16.1. The molecular weight excluding hydrogens is 362 g/mol. The third kappa shape index (κ3) is 3.64. The summed E-state index contributed by atoms with van der Waals surface area (Å²) in [4.78, 5) is 15.9. The smallest absolute Gasteiger partial charge is 0.354 e. The van der Waals surface area contributed by atoms with Crippen LogP contribution in [0.4, 0.5) is 0 Å². The van der Waals surface area contributed by atoms with Gasteiger partial charge in [0.05, 0.1) is 34.1 Å². The van der Waals surface area contributed by atoms with Gasteiger partial charge >= 0.3 is 5.97 Å². The minimum atomic E-state index is -1.09. The molecule has 7 heteroatoms. The molecule has 3 rings (SSSR count). The Morgan fingerprint density at radius 3 is 2.07 bits per heavy atom. The quantitative estimate of drug-likeness (QED) is 0.667. The van der Waals surface area contributed by atoms with Gasteiger partial charge in [0.15, 0.2) is 23.0 Å². The van der Waals surface area contributed by atoms with Crippen LogP contribution >= 0.6 is 0 Å². The maximum atomic E-state index is 11.6. The summed E-state index contributed by atoms with van der Waals surface area (Å²) in [5.41, 5.74) is 1.49. The van der Waals surface area contributed by atoms with Crippen molar-refractivity contribution in [2.45, 2.75) is 6.42 Å². The Bertz CT molecular complexity index is 1030. The Morgan fingerprint density at radius 2 is 1.46 bits per heavy atom. The summed E-state index contributed by atoms with van der Waals surface area (Å²) in [6.45, 7) is 0. The summed E-state index contributed by atoms with van der Waals surface area (Å²) in [5.74, 6) is 1.20. The predicted molar refractivity (Wildman–Crippen MR) is 104 cm³/mol. The van der Waals surface area contributed by atoms with Crippen molar-refractivity contribution in [2.75, 3.05) is 28.4 Å². The monoisotopic (exact) mass is 383 g/mol. The highest BCUT2D eigenvalue weighted by molar-refractivity contribution is 5.95. The first-order valence-electron chi connectivity index (χ1n) is 8.50. The van der Waals surface area contributed by atoms with E-state index in [4.69, 9.17) is 18.9 Å². The number of aromatic nitrogens is 1. The van der Waals surface area contributed by atoms with Crippen LogP contribution in [0.1, 0.15) is 21.7 Å². The molecule has 0 amide bonds. The van der Waals surface area contributed by atoms with Gasteiger partial charge < -0.3 is 24.1 Å². The lowest BCUT2D eigenvalue weighted by Crippen LogP contribution is -2.05. The summed E-state index contributed by atoms with van der Waals surface area (Å²) >= 11 is 0. The molecular formula is C21H21NO6. The highest BCUT2D eigenvalue weighted by Gasteiger charge is 2.16. The molecule has 2 aromatic carbocycles. The van der Waals surface area contributed by atoms with Gasteiger partial charge in [-0.15, -0.1) is 0 Å². The SMILES string of the molecule is COc1ccc(Cc2nc(C(=O)O)cc3cc(OC)c(OC)cc23)cc1OC. The number of pyridine rings is 1. The third-order valence-corrected chi connectivity index (χ3v) is 4.45. The molecule has 0 aliphatic rings. The average molecular weight is 383 g/mol. The number of nitrogens with zero attached hydrogens (tertiary/aromatic N) is 1. The zero-order chi connectivity index (χ0) is 20.3. The van der Waals surface area contributed by atoms with Gasteiger partial charge in [-0.3, -0.25) is 0 Å². The number of benzene rings is 2. The Kier molecular flexibility index (Phi) is 5.54. The molecule has 0 atom stereocenters. The first-order valence-corrected chi connectivity index (χ1v) is 8.50. The number of aromatic carboxylic acids is 1. The fourth-order valence-electron chi connectivity index (χ4n) is 3.08. The Labute approximate surface area is 162 Å². The number of methoxy groups -OCH3 is 4. The first kappa shape index (κ1) is 19.3. The highest BCUT2D eigenvalue weighted by Crippen LogP contribution is 2.35. The van der Waals surface area contributed by atoms with Crippen LogP contribution < -0.4 is 18.9 Å². The van der Waals surface area contributed by atoms with Gasteiger partial charge in [0.1, 0.15) is 5.69 Å². The van der Waals surface area contributed by atoms with Crippen molar-refractivity contribution in [1.82, 2.24) is 4.98 Å². The summed E-state index contributed by atoms with van der Waals surface area (Å²) in [6.07, 6.45) is 0.410. The van der Waals surface area contributed by atoms with Gasteiger partial charge in [-0.05, 0) is 41.3 Å². The van der Waals surface area contributed by atoms with Crippen molar-refractivity contribution < 1.29 is 28.8 Å². The number of ether oxygens (including phenoxy) is 4. The van der Waals surface area contributed by atoms with E-state index in [-0.39, 0.29) is 5.69 Å². The fraction of sp³-hybridized carbons (Fsp3) is 0.238. The molecule has 0 bridgehead atoms. The number of carboxylic acids is 1. The largest absolute Gasteiger partial charge is 0.493 e. The first-order chi connectivity index (χ1) is 13.5. The van der Waals surface area contributed by atoms with Gasteiger partial charge in [0, 0.05) is 11.8 Å². The second-order valence-electron chi connectivity index (χ2n) is 6.05. The van der Waals surface area contributed by atoms with Crippen LogP contribution in [-0.4, -0.2) is 44.5 Å². The van der Waals surface area contributed by atoms with Crippen molar-refractivity contribution >= 4 is 16.7 Å². The third-order valence-electron chi connectivity index (χ3n) is 4.45. The lowest BCUT2D eigenvalue weighted by molar-refractivity contribution is 0.0690. The Hall–Kier alpha value is -3.48. The van der Waals surface area contributed by atoms with Crippen molar-refractivity contribution in [3.05, 3.63) is 53.3 Å². The minimum absolute atomic E-state index is 0.0322. The van der Waals surface area contributed by atoms with E-state index < -0.39 is 5.97 Å². The molecule has 146 valence electrons. The molecule has 0 saturated heterocycles. The van der Waals surface area contributed by atoms with Crippen LogP contribution in [0.25, 0.3) is 10.8 Å². The van der Waals surface area contributed by atoms with E-state index in [0.29, 0.717) is 40.5 Å². The molecule has 1 aromatic heterocycles. The lowest BCUT2D eigenvalue weighted by atomic mass is 10.0. The van der Waals surface area contributed by atoms with Crippen LogP contribution in [0.2, 0.25) is 0 Å². The number of carbonyl (C=O) groups is 1. The van der Waals surface area contributed by atoms with E-state index in [0.717, 1.165) is 10.9 Å². The molecule has 0 saturated carbocycles. The van der Waals surface area contributed by atoms with E-state index in [1.54, 1.807) is 33.5 Å². The predicted octanol–water partition coefficient (Wildman–Crippen LogP) is 3.56. The van der Waals surface area contributed by atoms with Gasteiger partial charge in [0.2, 0.25) is 0 Å². The van der Waals surface area contributed by atoms with E-state index in [1.165, 1.54) is 13.2 Å². The van der Waals surface area contributed by atoms with Crippen LogP contribution in [-0.2, 0) is 6.42 Å². The number of hydrogen-bond donors (Lipinski definition) is 1. The van der Waals surface area contributed by atoms with Crippen molar-refractivity contribution in [1.29, 1.82) is 0 Å². The van der Waals surface area contributed by atoms with Crippen LogP contribution in [0, 0.1) is 0 Å². The summed E-state index contributed by atoms with van der Waals surface area (Å²) < 4.78 is 21.3. The second kappa shape index (κ2) is 8.04. The van der Waals surface area contributed by atoms with Gasteiger partial charge in [-0.1, -0.05) is 6.07 Å². The molecule has 1 N–H and O–H groups in total. The molecule has 0 unspecified atom stereocenters. The summed E-state index contributed by atoms with van der Waals surface area (Å²) in [6, 6.07) is 10.6. The molecule has 1 heterocycles. The Morgan fingerprint density at radius 1 is 0.857 bits per heavy atom. The fourth-order valence-corrected chi connectivity index (χ4v) is 3.08. The molecule has 0 spiro atoms. The normalized spacial score (nSPS) is 10.6. The number of fused-ring (bicyclic) bond motifs is 1. The van der Waals surface area contributed by atoms with Crippen LogP contribution in [0.3, 0.4) is 0 Å². The summed E-state index contributed by atoms with van der Waals surface area (Å²) in [5, 5.41) is 11.0. The molecule has 28 heavy (non-hydrogen) atoms. The van der Waals surface area contributed by atoms with Crippen molar-refractivity contribution in [3.8, 4) is 23.0 Å². The minimum Gasteiger partial charge on any atom is -0.493 e. The van der Waals surface area contributed by atoms with E-state index in [2.05, 4.69) is 4.98 Å². The average Bonchev–Trinajstić information content (AvgIpc) is 2.72. The van der Waals surface area contributed by atoms with Gasteiger partial charge in [0.25, 0.3) is 0 Å². The van der Waals surface area contributed by atoms with E-state index >= 15 is 0 Å². The zero-order valence-corrected chi connectivity index (χ0v) is 16.1. The van der Waals surface area contributed by atoms with E-state index in [9.17, 15) is 9.90 Å². The number of rotatable bonds is 7. The van der Waals surface area contributed by atoms with Gasteiger partial charge in [-0.25, -0.2) is 9.78 Å². The van der Waals surface area contributed by atoms with Crippen molar-refractivity contribution in [2.24, 2.45) is 0 Å². The maximum absolute atomic E-state index is 11.6. The standard InChI is InChI=1S/C21H21NO6/c1-25-17-6-5-12(8-18(17)26-2)7-15-14-11-20(28-4)19(27-3)10-13(14)9-16(22-15)21(23)24/h5-6,8-11H,7H2,1-4H3,(H,23,24). The molecule has 0 radical (unpaired) electrons. The van der Waals surface area contributed by atoms with Crippen LogP contribution in [0.15, 0.2) is 36.4 Å². The summed E-state index contributed by atoms with van der Waals surface area (Å²) in [7, 11) is 6.23. The number of carboxylic acid groups (broad SMARTS) is 1. The topological polar surface area (TPSA) is 87.1 Å². The molecule has 0 aliphatic carbocycles. The van der Waals surface area contributed by atoms with Crippen LogP contribution in [0.5, 0.6) is 23.0 Å². The van der Waals surface area contributed by atoms with E-state index in [1.807, 2.05) is 18.2 Å². The molecule has 7 nitrogen and oxygen atoms in total. The second-order valence-corrected chi connectivity index (χ2v) is 6.05. The lowest BCUT2D eigenvalue weighted by Gasteiger charge is -2.13. The molecule has 0 fully saturated rings. The van der Waals surface area contributed by atoms with Crippen molar-refractivity contribution in [3.63, 3.8) is 0 Å². The molecule has 3 aromatic rings. The maximum Gasteiger partial charge on any atom is 0.354 e. The number of hydrogen-bond acceptors (Lipinski definition) is 6. The van der Waals surface area contributed by atoms with Gasteiger partial charge in [-0.2, -0.15) is 0 Å². The Balaban J connectivity index is 2.16. The molecule has 0 aliphatic heterocycles.